The second-order valence-corrected chi connectivity index (χ2v) is 9.83. The molecule has 0 bridgehead atoms. The van der Waals surface area contributed by atoms with E-state index in [-0.39, 0.29) is 10.9 Å². The van der Waals surface area contributed by atoms with Crippen molar-refractivity contribution in [3.63, 3.8) is 0 Å². The Kier molecular flexibility index (Phi) is 6.89. The van der Waals surface area contributed by atoms with Crippen LogP contribution in [0.5, 0.6) is 0 Å². The molecular weight excluding hydrogens is 430 g/mol. The highest BCUT2D eigenvalue weighted by atomic mass is 32.2. The van der Waals surface area contributed by atoms with E-state index in [4.69, 9.17) is 22.1 Å². The van der Waals surface area contributed by atoms with Crippen LogP contribution in [0.4, 0.5) is 5.00 Å². The summed E-state index contributed by atoms with van der Waals surface area (Å²) in [6, 6.07) is 6.24. The molecule has 1 heterocycles. The molecule has 0 atom stereocenters. The number of fused-ring (bicyclic) bond motifs is 1. The van der Waals surface area contributed by atoms with Gasteiger partial charge in [-0.05, 0) is 61.2 Å². The molecule has 0 spiro atoms. The molecular formula is C19H23N3O4S3. The maximum Gasteiger partial charge on any atom is 0.341 e. The summed E-state index contributed by atoms with van der Waals surface area (Å²) >= 11 is 6.94. The summed E-state index contributed by atoms with van der Waals surface area (Å²) in [6.07, 6.45) is 5.17. The van der Waals surface area contributed by atoms with Gasteiger partial charge in [-0.25, -0.2) is 18.4 Å². The highest BCUT2D eigenvalue weighted by Gasteiger charge is 2.25. The number of nitrogens with one attached hydrogen (secondary N) is 2. The molecule has 1 aromatic carbocycles. The fourth-order valence-corrected chi connectivity index (χ4v) is 5.31. The van der Waals surface area contributed by atoms with E-state index in [1.807, 2.05) is 0 Å². The largest absolute Gasteiger partial charge is 0.465 e. The zero-order valence-corrected chi connectivity index (χ0v) is 18.4. The molecule has 0 radical (unpaired) electrons. The summed E-state index contributed by atoms with van der Waals surface area (Å²) in [4.78, 5) is 13.6. The Balaban J connectivity index is 1.70. The molecule has 0 aliphatic heterocycles. The molecule has 1 aliphatic rings. The summed E-state index contributed by atoms with van der Waals surface area (Å²) in [7, 11) is -2.33. The molecule has 0 unspecified atom stereocenters. The molecule has 3 rings (SSSR count). The number of anilines is 1. The Morgan fingerprint density at radius 2 is 1.90 bits per heavy atom. The van der Waals surface area contributed by atoms with Gasteiger partial charge in [0.25, 0.3) is 0 Å². The van der Waals surface area contributed by atoms with Gasteiger partial charge in [-0.3, -0.25) is 0 Å². The van der Waals surface area contributed by atoms with Crippen molar-refractivity contribution in [2.45, 2.75) is 43.5 Å². The SMILES string of the molecule is COC(=O)c1c(NC(=S)NCc2ccc(S(N)(=O)=O)cc2)sc2c1CCCCC2. The molecule has 156 valence electrons. The van der Waals surface area contributed by atoms with Crippen molar-refractivity contribution in [3.05, 3.63) is 45.8 Å². The van der Waals surface area contributed by atoms with Crippen molar-refractivity contribution in [2.24, 2.45) is 5.14 Å². The highest BCUT2D eigenvalue weighted by molar-refractivity contribution is 7.89. The smallest absolute Gasteiger partial charge is 0.341 e. The molecule has 4 N–H and O–H groups in total. The van der Waals surface area contributed by atoms with Crippen LogP contribution in [0.25, 0.3) is 0 Å². The molecule has 2 aromatic rings. The van der Waals surface area contributed by atoms with Crippen molar-refractivity contribution in [2.75, 3.05) is 12.4 Å². The van der Waals surface area contributed by atoms with Crippen LogP contribution in [-0.2, 0) is 34.1 Å². The van der Waals surface area contributed by atoms with Gasteiger partial charge in [0.1, 0.15) is 5.00 Å². The van der Waals surface area contributed by atoms with Crippen LogP contribution >= 0.6 is 23.6 Å². The Morgan fingerprint density at radius 1 is 1.21 bits per heavy atom. The number of thiophene rings is 1. The lowest BCUT2D eigenvalue weighted by Gasteiger charge is -2.11. The number of carbonyl (C=O) groups is 1. The highest BCUT2D eigenvalue weighted by Crippen LogP contribution is 2.37. The number of nitrogens with two attached hydrogens (primary N) is 1. The summed E-state index contributed by atoms with van der Waals surface area (Å²) in [6.45, 7) is 0.398. The summed E-state index contributed by atoms with van der Waals surface area (Å²) < 4.78 is 27.6. The first-order chi connectivity index (χ1) is 13.8. The predicted molar refractivity (Wildman–Crippen MR) is 118 cm³/mol. The number of ether oxygens (including phenoxy) is 1. The monoisotopic (exact) mass is 453 g/mol. The van der Waals surface area contributed by atoms with Crippen LogP contribution in [-0.4, -0.2) is 26.6 Å². The molecule has 0 amide bonds. The maximum atomic E-state index is 12.4. The normalized spacial score (nSPS) is 13.9. The molecule has 29 heavy (non-hydrogen) atoms. The zero-order chi connectivity index (χ0) is 21.0. The number of aryl methyl sites for hydroxylation is 1. The lowest BCUT2D eigenvalue weighted by molar-refractivity contribution is 0.0601. The van der Waals surface area contributed by atoms with Gasteiger partial charge in [0.2, 0.25) is 10.0 Å². The minimum absolute atomic E-state index is 0.0600. The topological polar surface area (TPSA) is 111 Å². The first-order valence-corrected chi connectivity index (χ1v) is 12.0. The second kappa shape index (κ2) is 9.21. The number of sulfonamides is 1. The minimum Gasteiger partial charge on any atom is -0.465 e. The third kappa shape index (κ3) is 5.33. The summed E-state index contributed by atoms with van der Waals surface area (Å²) in [5, 5.41) is 12.4. The standard InChI is InChI=1S/C19H23N3O4S3/c1-26-18(23)16-14-5-3-2-4-6-15(14)28-17(16)22-19(27)21-11-12-7-9-13(10-8-12)29(20,24)25/h7-10H,2-6,11H2,1H3,(H2,20,24,25)(H2,21,22,27). The Morgan fingerprint density at radius 3 is 2.55 bits per heavy atom. The number of carbonyl (C=O) groups excluding carboxylic acids is 1. The van der Waals surface area contributed by atoms with E-state index >= 15 is 0 Å². The van der Waals surface area contributed by atoms with Gasteiger partial charge in [-0.1, -0.05) is 18.6 Å². The van der Waals surface area contributed by atoms with Crippen molar-refractivity contribution < 1.29 is 17.9 Å². The summed E-state index contributed by atoms with van der Waals surface area (Å²) in [5.41, 5.74) is 2.50. The van der Waals surface area contributed by atoms with Crippen LogP contribution in [0.1, 0.15) is 45.6 Å². The zero-order valence-electron chi connectivity index (χ0n) is 16.0. The molecule has 0 saturated carbocycles. The average Bonchev–Trinajstić information content (AvgIpc) is 2.85. The van der Waals surface area contributed by atoms with Crippen LogP contribution < -0.4 is 15.8 Å². The van der Waals surface area contributed by atoms with E-state index in [1.54, 1.807) is 23.5 Å². The number of thiocarbonyl (C=S) groups is 1. The number of primary sulfonamides is 1. The Labute approximate surface area is 179 Å². The quantitative estimate of drug-likeness (QED) is 0.363. The first kappa shape index (κ1) is 21.7. The number of methoxy groups -OCH3 is 1. The second-order valence-electron chi connectivity index (χ2n) is 6.76. The fraction of sp³-hybridized carbons (Fsp3) is 0.368. The molecule has 7 nitrogen and oxygen atoms in total. The lowest BCUT2D eigenvalue weighted by atomic mass is 10.1. The van der Waals surface area contributed by atoms with Crippen molar-refractivity contribution in [3.8, 4) is 0 Å². The minimum atomic E-state index is -3.71. The van der Waals surface area contributed by atoms with Gasteiger partial charge in [-0.15, -0.1) is 11.3 Å². The molecule has 0 fully saturated rings. The number of esters is 1. The van der Waals surface area contributed by atoms with Crippen LogP contribution in [0.3, 0.4) is 0 Å². The van der Waals surface area contributed by atoms with Gasteiger partial charge in [0.15, 0.2) is 5.11 Å². The van der Waals surface area contributed by atoms with E-state index < -0.39 is 10.0 Å². The predicted octanol–water partition coefficient (Wildman–Crippen LogP) is 2.94. The van der Waals surface area contributed by atoms with Crippen molar-refractivity contribution in [1.29, 1.82) is 0 Å². The fourth-order valence-electron chi connectivity index (χ4n) is 3.28. The Hall–Kier alpha value is -2.01. The third-order valence-electron chi connectivity index (χ3n) is 4.74. The van der Waals surface area contributed by atoms with E-state index in [0.29, 0.717) is 22.2 Å². The molecule has 0 saturated heterocycles. The molecule has 1 aliphatic carbocycles. The van der Waals surface area contributed by atoms with Crippen molar-refractivity contribution in [1.82, 2.24) is 5.32 Å². The van der Waals surface area contributed by atoms with Crippen LogP contribution in [0.15, 0.2) is 29.2 Å². The van der Waals surface area contributed by atoms with Gasteiger partial charge >= 0.3 is 5.97 Å². The van der Waals surface area contributed by atoms with Gasteiger partial charge in [-0.2, -0.15) is 0 Å². The number of hydrogen-bond acceptors (Lipinski definition) is 6. The van der Waals surface area contributed by atoms with Gasteiger partial charge in [0.05, 0.1) is 17.6 Å². The first-order valence-electron chi connectivity index (χ1n) is 9.19. The number of hydrogen-bond donors (Lipinski definition) is 3. The van der Waals surface area contributed by atoms with Crippen molar-refractivity contribution >= 4 is 49.7 Å². The van der Waals surface area contributed by atoms with E-state index in [2.05, 4.69) is 10.6 Å². The van der Waals surface area contributed by atoms with Gasteiger partial charge < -0.3 is 15.4 Å². The average molecular weight is 454 g/mol. The van der Waals surface area contributed by atoms with Crippen LogP contribution in [0, 0.1) is 0 Å². The number of benzene rings is 1. The summed E-state index contributed by atoms with van der Waals surface area (Å²) in [5.74, 6) is -0.353. The van der Waals surface area contributed by atoms with Gasteiger partial charge in [0, 0.05) is 11.4 Å². The third-order valence-corrected chi connectivity index (χ3v) is 7.13. The maximum absolute atomic E-state index is 12.4. The molecule has 10 heteroatoms. The Bertz CT molecular complexity index is 1010. The van der Waals surface area contributed by atoms with E-state index in [1.165, 1.54) is 24.1 Å². The van der Waals surface area contributed by atoms with E-state index in [0.717, 1.165) is 43.2 Å². The number of rotatable bonds is 5. The van der Waals surface area contributed by atoms with E-state index in [9.17, 15) is 13.2 Å². The lowest BCUT2D eigenvalue weighted by Crippen LogP contribution is -2.28. The molecule has 1 aromatic heterocycles. The van der Waals surface area contributed by atoms with Crippen LogP contribution in [0.2, 0.25) is 0 Å².